The van der Waals surface area contributed by atoms with Gasteiger partial charge in [-0.2, -0.15) is 5.26 Å². The van der Waals surface area contributed by atoms with Crippen LogP contribution in [0, 0.1) is 18.3 Å². The van der Waals surface area contributed by atoms with Crippen LogP contribution in [-0.2, 0) is 6.61 Å². The predicted octanol–water partition coefficient (Wildman–Crippen LogP) is 3.01. The molecule has 0 aliphatic heterocycles. The minimum Gasteiger partial charge on any atom is -0.485 e. The van der Waals surface area contributed by atoms with Crippen molar-refractivity contribution in [2.75, 3.05) is 5.84 Å². The molecular weight excluding hydrogens is 310 g/mol. The van der Waals surface area contributed by atoms with E-state index in [1.165, 1.54) is 16.4 Å². The number of nitrogen functional groups attached to an aromatic ring is 1. The average molecular weight is 331 g/mol. The molecule has 1 aromatic carbocycles. The molecule has 0 spiro atoms. The maximum atomic E-state index is 8.86. The van der Waals surface area contributed by atoms with Crippen molar-refractivity contribution in [3.8, 4) is 11.8 Å². The normalized spacial score (nSPS) is 12.2. The van der Waals surface area contributed by atoms with Crippen molar-refractivity contribution < 1.29 is 4.74 Å². The summed E-state index contributed by atoms with van der Waals surface area (Å²) < 4.78 is 7.29. The molecule has 23 heavy (non-hydrogen) atoms. The number of nitrogens with two attached hydrogens (primary N) is 1. The van der Waals surface area contributed by atoms with Crippen LogP contribution in [0.2, 0.25) is 0 Å². The van der Waals surface area contributed by atoms with E-state index >= 15 is 0 Å². The number of benzene rings is 1. The molecule has 0 bridgehead atoms. The molecule has 0 amide bonds. The number of hydrogen-bond donors (Lipinski definition) is 1. The van der Waals surface area contributed by atoms with Gasteiger partial charge in [-0.15, -0.1) is 10.2 Å². The summed E-state index contributed by atoms with van der Waals surface area (Å²) in [5.74, 6) is 7.70. The van der Waals surface area contributed by atoms with Crippen molar-refractivity contribution >= 4 is 11.8 Å². The molecule has 0 aliphatic carbocycles. The second-order valence-electron chi connectivity index (χ2n) is 5.64. The first-order chi connectivity index (χ1) is 10.9. The summed E-state index contributed by atoms with van der Waals surface area (Å²) in [5.41, 5.74) is 2.28. The molecular formula is C16H21N5OS. The lowest BCUT2D eigenvalue weighted by Crippen LogP contribution is -2.16. The lowest BCUT2D eigenvalue weighted by molar-refractivity contribution is 0.287. The average Bonchev–Trinajstić information content (AvgIpc) is 2.85. The maximum absolute atomic E-state index is 8.86. The highest BCUT2D eigenvalue weighted by molar-refractivity contribution is 8.00. The van der Waals surface area contributed by atoms with E-state index in [9.17, 15) is 0 Å². The Morgan fingerprint density at radius 1 is 1.35 bits per heavy atom. The monoisotopic (exact) mass is 331 g/mol. The summed E-state index contributed by atoms with van der Waals surface area (Å²) in [6.45, 7) is 8.30. The number of hydrogen-bond acceptors (Lipinski definition) is 6. The van der Waals surface area contributed by atoms with Gasteiger partial charge in [0, 0.05) is 0 Å². The highest BCUT2D eigenvalue weighted by Gasteiger charge is 2.15. The number of aromatic nitrogens is 3. The van der Waals surface area contributed by atoms with Gasteiger partial charge in [0.2, 0.25) is 5.16 Å². The third-order valence-electron chi connectivity index (χ3n) is 3.35. The van der Waals surface area contributed by atoms with Gasteiger partial charge in [-0.1, -0.05) is 37.7 Å². The van der Waals surface area contributed by atoms with E-state index in [-0.39, 0.29) is 11.9 Å². The molecule has 0 fully saturated rings. The SMILES string of the molecule is Cc1ccc(C(C)C)c(OCc2nnc(SC(C)C#N)n2N)c1. The summed E-state index contributed by atoms with van der Waals surface area (Å²) in [7, 11) is 0. The van der Waals surface area contributed by atoms with Gasteiger partial charge in [0.1, 0.15) is 12.4 Å². The summed E-state index contributed by atoms with van der Waals surface area (Å²) >= 11 is 1.27. The number of ether oxygens (including phenoxy) is 1. The van der Waals surface area contributed by atoms with Crippen molar-refractivity contribution in [1.82, 2.24) is 14.9 Å². The molecule has 0 aliphatic rings. The minimum atomic E-state index is -0.236. The van der Waals surface area contributed by atoms with E-state index in [1.54, 1.807) is 6.92 Å². The van der Waals surface area contributed by atoms with E-state index in [0.717, 1.165) is 16.9 Å². The van der Waals surface area contributed by atoms with Gasteiger partial charge < -0.3 is 10.6 Å². The fourth-order valence-electron chi connectivity index (χ4n) is 2.06. The molecule has 2 aromatic rings. The first-order valence-electron chi connectivity index (χ1n) is 7.41. The minimum absolute atomic E-state index is 0.230. The Labute approximate surface area is 140 Å². The van der Waals surface area contributed by atoms with Crippen molar-refractivity contribution in [2.24, 2.45) is 0 Å². The first kappa shape index (κ1) is 17.2. The van der Waals surface area contributed by atoms with Gasteiger partial charge >= 0.3 is 0 Å². The van der Waals surface area contributed by atoms with Crippen molar-refractivity contribution in [3.63, 3.8) is 0 Å². The molecule has 0 radical (unpaired) electrons. The summed E-state index contributed by atoms with van der Waals surface area (Å²) in [6, 6.07) is 8.30. The summed E-state index contributed by atoms with van der Waals surface area (Å²) in [4.78, 5) is 0. The third-order valence-corrected chi connectivity index (χ3v) is 4.30. The van der Waals surface area contributed by atoms with Crippen LogP contribution in [0.15, 0.2) is 23.4 Å². The second-order valence-corrected chi connectivity index (χ2v) is 6.95. The van der Waals surface area contributed by atoms with Crippen LogP contribution >= 0.6 is 11.8 Å². The first-order valence-corrected chi connectivity index (χ1v) is 8.29. The van der Waals surface area contributed by atoms with E-state index in [2.05, 4.69) is 42.2 Å². The van der Waals surface area contributed by atoms with Gasteiger partial charge in [0.05, 0.1) is 11.3 Å². The van der Waals surface area contributed by atoms with Crippen LogP contribution in [0.1, 0.15) is 43.6 Å². The van der Waals surface area contributed by atoms with Gasteiger partial charge in [-0.3, -0.25) is 0 Å². The Kier molecular flexibility index (Phi) is 5.50. The fraction of sp³-hybridized carbons (Fsp3) is 0.438. The largest absolute Gasteiger partial charge is 0.485 e. The highest BCUT2D eigenvalue weighted by Crippen LogP contribution is 2.28. The molecule has 7 heteroatoms. The topological polar surface area (TPSA) is 89.8 Å². The van der Waals surface area contributed by atoms with Crippen LogP contribution in [0.25, 0.3) is 0 Å². The Hall–Kier alpha value is -2.20. The van der Waals surface area contributed by atoms with Crippen molar-refractivity contribution in [2.45, 2.75) is 50.6 Å². The highest BCUT2D eigenvalue weighted by atomic mass is 32.2. The maximum Gasteiger partial charge on any atom is 0.211 e. The van der Waals surface area contributed by atoms with Crippen LogP contribution in [-0.4, -0.2) is 20.1 Å². The molecule has 6 nitrogen and oxygen atoms in total. The van der Waals surface area contributed by atoms with Crippen LogP contribution < -0.4 is 10.6 Å². The Bertz CT molecular complexity index is 720. The lowest BCUT2D eigenvalue weighted by atomic mass is 10.0. The quantitative estimate of drug-likeness (QED) is 0.646. The third kappa shape index (κ3) is 4.17. The molecule has 1 aromatic heterocycles. The zero-order valence-corrected chi connectivity index (χ0v) is 14.6. The molecule has 122 valence electrons. The molecule has 1 heterocycles. The Morgan fingerprint density at radius 3 is 2.74 bits per heavy atom. The molecule has 0 saturated carbocycles. The summed E-state index contributed by atoms with van der Waals surface area (Å²) in [6.07, 6.45) is 0. The zero-order valence-electron chi connectivity index (χ0n) is 13.8. The zero-order chi connectivity index (χ0) is 17.0. The van der Waals surface area contributed by atoms with Gasteiger partial charge in [-0.25, -0.2) is 4.68 Å². The van der Waals surface area contributed by atoms with E-state index in [4.69, 9.17) is 15.8 Å². The lowest BCUT2D eigenvalue weighted by Gasteiger charge is -2.14. The second kappa shape index (κ2) is 7.38. The van der Waals surface area contributed by atoms with E-state index < -0.39 is 0 Å². The predicted molar refractivity (Wildman–Crippen MR) is 90.7 cm³/mol. The number of aryl methyl sites for hydroxylation is 1. The van der Waals surface area contributed by atoms with Crippen molar-refractivity contribution in [3.05, 3.63) is 35.2 Å². The fourth-order valence-corrected chi connectivity index (χ4v) is 2.73. The van der Waals surface area contributed by atoms with Crippen LogP contribution in [0.4, 0.5) is 0 Å². The van der Waals surface area contributed by atoms with Crippen molar-refractivity contribution in [1.29, 1.82) is 5.26 Å². The standard InChI is InChI=1S/C16H21N5OS/c1-10(2)13-6-5-11(3)7-14(13)22-9-15-19-20-16(21(15)18)23-12(4)8-17/h5-7,10,12H,9,18H2,1-4H3. The number of thioether (sulfide) groups is 1. The molecule has 2 rings (SSSR count). The smallest absolute Gasteiger partial charge is 0.211 e. The number of nitriles is 1. The Morgan fingerprint density at radius 2 is 2.09 bits per heavy atom. The number of rotatable bonds is 6. The molecule has 2 N–H and O–H groups in total. The van der Waals surface area contributed by atoms with Gasteiger partial charge in [0.15, 0.2) is 5.82 Å². The summed E-state index contributed by atoms with van der Waals surface area (Å²) in [5, 5.41) is 17.2. The number of nitrogens with zero attached hydrogens (tertiary/aromatic N) is 4. The molecule has 1 atom stereocenters. The molecule has 1 unspecified atom stereocenters. The van der Waals surface area contributed by atoms with Crippen LogP contribution in [0.5, 0.6) is 5.75 Å². The Balaban J connectivity index is 2.13. The van der Waals surface area contributed by atoms with E-state index in [0.29, 0.717) is 16.9 Å². The van der Waals surface area contributed by atoms with Crippen LogP contribution in [0.3, 0.4) is 0 Å². The van der Waals surface area contributed by atoms with Gasteiger partial charge in [-0.05, 0) is 37.0 Å². The van der Waals surface area contributed by atoms with E-state index in [1.807, 2.05) is 13.0 Å². The molecule has 0 saturated heterocycles. The van der Waals surface area contributed by atoms with Gasteiger partial charge in [0.25, 0.3) is 0 Å².